The monoisotopic (exact) mass is 275 g/mol. The molecule has 1 aromatic rings. The second kappa shape index (κ2) is 5.86. The van der Waals surface area contributed by atoms with E-state index in [4.69, 9.17) is 5.11 Å². The van der Waals surface area contributed by atoms with E-state index in [-0.39, 0.29) is 17.6 Å². The fourth-order valence-electron chi connectivity index (χ4n) is 2.50. The van der Waals surface area contributed by atoms with Gasteiger partial charge in [-0.05, 0) is 38.3 Å². The lowest BCUT2D eigenvalue weighted by Crippen LogP contribution is -2.21. The molecule has 1 aliphatic rings. The van der Waals surface area contributed by atoms with Gasteiger partial charge in [0.2, 0.25) is 5.91 Å². The summed E-state index contributed by atoms with van der Waals surface area (Å²) in [7, 11) is 0. The van der Waals surface area contributed by atoms with Crippen LogP contribution in [-0.2, 0) is 9.59 Å². The van der Waals surface area contributed by atoms with Gasteiger partial charge in [0.25, 0.3) is 0 Å². The van der Waals surface area contributed by atoms with Crippen molar-refractivity contribution in [3.05, 3.63) is 29.8 Å². The number of carboxylic acid groups (broad SMARTS) is 1. The largest absolute Gasteiger partial charge is 0.481 e. The van der Waals surface area contributed by atoms with E-state index in [0.717, 1.165) is 0 Å². The Morgan fingerprint density at radius 3 is 2.50 bits per heavy atom. The van der Waals surface area contributed by atoms with E-state index in [9.17, 15) is 14.4 Å². The molecule has 1 saturated carbocycles. The highest BCUT2D eigenvalue weighted by Gasteiger charge is 2.33. The van der Waals surface area contributed by atoms with Gasteiger partial charge in [0.1, 0.15) is 0 Å². The molecule has 1 amide bonds. The van der Waals surface area contributed by atoms with Crippen molar-refractivity contribution >= 4 is 23.3 Å². The number of carbonyl (C=O) groups excluding carboxylic acids is 2. The minimum atomic E-state index is -0.834. The van der Waals surface area contributed by atoms with Gasteiger partial charge in [-0.15, -0.1) is 0 Å². The molecule has 5 nitrogen and oxygen atoms in total. The molecule has 2 rings (SSSR count). The molecule has 0 aromatic heterocycles. The van der Waals surface area contributed by atoms with E-state index < -0.39 is 11.9 Å². The Kier molecular flexibility index (Phi) is 4.17. The van der Waals surface area contributed by atoms with Gasteiger partial charge in [0, 0.05) is 17.2 Å². The first-order valence-electron chi connectivity index (χ1n) is 6.62. The lowest BCUT2D eigenvalue weighted by Gasteiger charge is -2.11. The first-order chi connectivity index (χ1) is 9.47. The molecular weight excluding hydrogens is 258 g/mol. The molecule has 1 aromatic carbocycles. The smallest absolute Gasteiger partial charge is 0.306 e. The molecule has 0 saturated heterocycles. The van der Waals surface area contributed by atoms with Gasteiger partial charge < -0.3 is 10.4 Å². The summed E-state index contributed by atoms with van der Waals surface area (Å²) in [5.41, 5.74) is 1.11. The predicted octanol–water partition coefficient (Wildman–Crippen LogP) is 2.33. The van der Waals surface area contributed by atoms with Crippen molar-refractivity contribution in [2.24, 2.45) is 11.8 Å². The zero-order chi connectivity index (χ0) is 14.7. The third kappa shape index (κ3) is 3.23. The lowest BCUT2D eigenvalue weighted by molar-refractivity contribution is -0.141. The third-order valence-electron chi connectivity index (χ3n) is 3.69. The molecule has 0 unspecified atom stereocenters. The maximum absolute atomic E-state index is 12.1. The Labute approximate surface area is 117 Å². The van der Waals surface area contributed by atoms with Crippen molar-refractivity contribution in [2.75, 3.05) is 5.32 Å². The molecule has 20 heavy (non-hydrogen) atoms. The van der Waals surface area contributed by atoms with Crippen LogP contribution in [0.4, 0.5) is 5.69 Å². The molecule has 2 N–H and O–H groups in total. The van der Waals surface area contributed by atoms with E-state index in [1.54, 1.807) is 24.3 Å². The predicted molar refractivity (Wildman–Crippen MR) is 73.5 cm³/mol. The van der Waals surface area contributed by atoms with Crippen LogP contribution in [0.15, 0.2) is 24.3 Å². The average molecular weight is 275 g/mol. The summed E-state index contributed by atoms with van der Waals surface area (Å²) in [4.78, 5) is 34.2. The molecule has 2 atom stereocenters. The number of aliphatic carboxylic acids is 1. The molecule has 0 bridgehead atoms. The normalized spacial score (nSPS) is 21.4. The fraction of sp³-hybridized carbons (Fsp3) is 0.400. The standard InChI is InChI=1S/C15H17NO4/c1-9(17)10-3-2-4-13(8-10)16-14(18)11-5-6-12(7-11)15(19)20/h2-4,8,11-12H,5-7H2,1H3,(H,16,18)(H,19,20)/t11-,12+/m1/s1. The Morgan fingerprint density at radius 2 is 1.90 bits per heavy atom. The first-order valence-corrected chi connectivity index (χ1v) is 6.62. The summed E-state index contributed by atoms with van der Waals surface area (Å²) in [6, 6.07) is 6.74. The maximum Gasteiger partial charge on any atom is 0.306 e. The van der Waals surface area contributed by atoms with Gasteiger partial charge in [0.05, 0.1) is 5.92 Å². The van der Waals surface area contributed by atoms with E-state index in [1.807, 2.05) is 0 Å². The summed E-state index contributed by atoms with van der Waals surface area (Å²) in [6.45, 7) is 1.47. The summed E-state index contributed by atoms with van der Waals surface area (Å²) < 4.78 is 0. The van der Waals surface area contributed by atoms with Gasteiger partial charge in [-0.3, -0.25) is 14.4 Å². The first kappa shape index (κ1) is 14.2. The minimum absolute atomic E-state index is 0.0621. The fourth-order valence-corrected chi connectivity index (χ4v) is 2.50. The van der Waals surface area contributed by atoms with Crippen molar-refractivity contribution < 1.29 is 19.5 Å². The van der Waals surface area contributed by atoms with E-state index in [0.29, 0.717) is 30.5 Å². The van der Waals surface area contributed by atoms with Gasteiger partial charge in [-0.1, -0.05) is 12.1 Å². The quantitative estimate of drug-likeness (QED) is 0.826. The number of benzene rings is 1. The number of anilines is 1. The van der Waals surface area contributed by atoms with Gasteiger partial charge in [-0.25, -0.2) is 0 Å². The topological polar surface area (TPSA) is 83.5 Å². The zero-order valence-corrected chi connectivity index (χ0v) is 11.3. The average Bonchev–Trinajstić information content (AvgIpc) is 2.88. The second-order valence-electron chi connectivity index (χ2n) is 5.17. The number of amides is 1. The van der Waals surface area contributed by atoms with Gasteiger partial charge >= 0.3 is 5.97 Å². The molecule has 1 aliphatic carbocycles. The van der Waals surface area contributed by atoms with Crippen LogP contribution in [-0.4, -0.2) is 22.8 Å². The highest BCUT2D eigenvalue weighted by atomic mass is 16.4. The van der Waals surface area contributed by atoms with E-state index in [2.05, 4.69) is 5.32 Å². The summed E-state index contributed by atoms with van der Waals surface area (Å²) in [5, 5.41) is 11.7. The molecular formula is C15H17NO4. The minimum Gasteiger partial charge on any atom is -0.481 e. The second-order valence-corrected chi connectivity index (χ2v) is 5.17. The number of hydrogen-bond donors (Lipinski definition) is 2. The number of ketones is 1. The Morgan fingerprint density at radius 1 is 1.20 bits per heavy atom. The molecule has 106 valence electrons. The number of carboxylic acids is 1. The number of carbonyl (C=O) groups is 3. The van der Waals surface area contributed by atoms with E-state index in [1.165, 1.54) is 6.92 Å². The van der Waals surface area contributed by atoms with Crippen LogP contribution in [0, 0.1) is 11.8 Å². The number of nitrogens with one attached hydrogen (secondary N) is 1. The number of Topliss-reactive ketones (excluding diaryl/α,β-unsaturated/α-hetero) is 1. The number of rotatable bonds is 4. The van der Waals surface area contributed by atoms with Crippen molar-refractivity contribution in [1.82, 2.24) is 0 Å². The molecule has 0 aliphatic heterocycles. The summed E-state index contributed by atoms with van der Waals surface area (Å²) in [5.74, 6) is -1.76. The molecule has 1 fully saturated rings. The van der Waals surface area contributed by atoms with E-state index >= 15 is 0 Å². The van der Waals surface area contributed by atoms with Crippen LogP contribution >= 0.6 is 0 Å². The van der Waals surface area contributed by atoms with Crippen LogP contribution in [0.1, 0.15) is 36.5 Å². The summed E-state index contributed by atoms with van der Waals surface area (Å²) in [6.07, 6.45) is 1.52. The van der Waals surface area contributed by atoms with Crippen molar-refractivity contribution in [3.63, 3.8) is 0 Å². The van der Waals surface area contributed by atoms with Crippen molar-refractivity contribution in [2.45, 2.75) is 26.2 Å². The zero-order valence-electron chi connectivity index (χ0n) is 11.3. The van der Waals surface area contributed by atoms with Gasteiger partial charge in [-0.2, -0.15) is 0 Å². The van der Waals surface area contributed by atoms with Crippen LogP contribution in [0.5, 0.6) is 0 Å². The highest BCUT2D eigenvalue weighted by Crippen LogP contribution is 2.31. The number of hydrogen-bond acceptors (Lipinski definition) is 3. The molecule has 0 heterocycles. The Bertz CT molecular complexity index is 553. The SMILES string of the molecule is CC(=O)c1cccc(NC(=O)[C@@H]2CC[C@H](C(=O)O)C2)c1. The summed E-state index contributed by atoms with van der Waals surface area (Å²) >= 11 is 0. The lowest BCUT2D eigenvalue weighted by atomic mass is 10.0. The van der Waals surface area contributed by atoms with Crippen LogP contribution in [0.25, 0.3) is 0 Å². The third-order valence-corrected chi connectivity index (χ3v) is 3.69. The van der Waals surface area contributed by atoms with Crippen LogP contribution in [0.2, 0.25) is 0 Å². The van der Waals surface area contributed by atoms with Crippen molar-refractivity contribution in [1.29, 1.82) is 0 Å². The maximum atomic E-state index is 12.1. The van der Waals surface area contributed by atoms with Crippen LogP contribution < -0.4 is 5.32 Å². The molecule has 0 radical (unpaired) electrons. The highest BCUT2D eigenvalue weighted by molar-refractivity contribution is 5.97. The van der Waals surface area contributed by atoms with Crippen LogP contribution in [0.3, 0.4) is 0 Å². The molecule has 5 heteroatoms. The van der Waals surface area contributed by atoms with Crippen molar-refractivity contribution in [3.8, 4) is 0 Å². The van der Waals surface area contributed by atoms with Gasteiger partial charge in [0.15, 0.2) is 5.78 Å². The molecule has 0 spiro atoms. The Hall–Kier alpha value is -2.17. The Balaban J connectivity index is 2.00.